The summed E-state index contributed by atoms with van der Waals surface area (Å²) in [7, 11) is 0. The summed E-state index contributed by atoms with van der Waals surface area (Å²) in [4.78, 5) is 3.97. The van der Waals surface area contributed by atoms with Gasteiger partial charge in [-0.25, -0.2) is 4.98 Å². The van der Waals surface area contributed by atoms with Crippen molar-refractivity contribution in [3.8, 4) is 0 Å². The molecule has 0 spiro atoms. The number of nitrogens with zero attached hydrogens (tertiary/aromatic N) is 2. The molecule has 18 heavy (non-hydrogen) atoms. The molecule has 0 aliphatic rings. The van der Waals surface area contributed by atoms with E-state index in [1.807, 2.05) is 17.7 Å². The number of aliphatic hydroxyl groups is 1. The number of hydrogen-bond donors (Lipinski definition) is 1. The van der Waals surface area contributed by atoms with Crippen molar-refractivity contribution in [2.45, 2.75) is 25.5 Å². The number of benzene rings is 1. The van der Waals surface area contributed by atoms with Crippen molar-refractivity contribution in [2.24, 2.45) is 0 Å². The van der Waals surface area contributed by atoms with Gasteiger partial charge >= 0.3 is 0 Å². The maximum absolute atomic E-state index is 10.8. The molecule has 2 rings (SSSR count). The van der Waals surface area contributed by atoms with Gasteiger partial charge in [-0.15, -0.1) is 0 Å². The van der Waals surface area contributed by atoms with Crippen molar-refractivity contribution in [3.63, 3.8) is 0 Å². The van der Waals surface area contributed by atoms with Crippen LogP contribution in [0.3, 0.4) is 0 Å². The van der Waals surface area contributed by atoms with Crippen LogP contribution in [-0.2, 0) is 12.1 Å². The zero-order valence-corrected chi connectivity index (χ0v) is 11.5. The maximum Gasteiger partial charge on any atom is 0.109 e. The van der Waals surface area contributed by atoms with Crippen molar-refractivity contribution in [1.29, 1.82) is 0 Å². The van der Waals surface area contributed by atoms with Gasteiger partial charge in [0.15, 0.2) is 0 Å². The Kier molecular flexibility index (Phi) is 3.95. The zero-order valence-electron chi connectivity index (χ0n) is 9.98. The second kappa shape index (κ2) is 5.31. The van der Waals surface area contributed by atoms with Gasteiger partial charge < -0.3 is 9.67 Å². The Morgan fingerprint density at radius 2 is 2.17 bits per heavy atom. The van der Waals surface area contributed by atoms with Gasteiger partial charge in [-0.3, -0.25) is 0 Å². The van der Waals surface area contributed by atoms with E-state index >= 15 is 0 Å². The van der Waals surface area contributed by atoms with Crippen molar-refractivity contribution in [1.82, 2.24) is 9.55 Å². The number of aromatic nitrogens is 2. The molecule has 1 aromatic carbocycles. The number of imidazole rings is 1. The van der Waals surface area contributed by atoms with E-state index < -0.39 is 5.60 Å². The molecule has 5 heteroatoms. The highest BCUT2D eigenvalue weighted by Gasteiger charge is 2.30. The summed E-state index contributed by atoms with van der Waals surface area (Å²) in [6, 6.07) is 5.15. The van der Waals surface area contributed by atoms with Gasteiger partial charge in [-0.05, 0) is 18.6 Å². The SMILES string of the molecule is CCC(O)(Cn1ccnc1)c1ccc(Cl)cc1Cl. The van der Waals surface area contributed by atoms with E-state index in [0.717, 1.165) is 0 Å². The van der Waals surface area contributed by atoms with Gasteiger partial charge in [0.05, 0.1) is 12.9 Å². The summed E-state index contributed by atoms with van der Waals surface area (Å²) in [5.41, 5.74) is -0.340. The first-order valence-electron chi connectivity index (χ1n) is 5.69. The van der Waals surface area contributed by atoms with Crippen LogP contribution < -0.4 is 0 Å². The first kappa shape index (κ1) is 13.4. The third-order valence-corrected chi connectivity index (χ3v) is 3.57. The van der Waals surface area contributed by atoms with Crippen molar-refractivity contribution < 1.29 is 5.11 Å². The van der Waals surface area contributed by atoms with Gasteiger partial charge in [0.1, 0.15) is 5.60 Å². The number of halogens is 2. The van der Waals surface area contributed by atoms with E-state index in [-0.39, 0.29) is 0 Å². The summed E-state index contributed by atoms with van der Waals surface area (Å²) in [5, 5.41) is 11.8. The highest BCUT2D eigenvalue weighted by molar-refractivity contribution is 6.35. The monoisotopic (exact) mass is 284 g/mol. The number of hydrogen-bond acceptors (Lipinski definition) is 2. The first-order chi connectivity index (χ1) is 8.55. The Labute approximate surface area is 116 Å². The van der Waals surface area contributed by atoms with Crippen LogP contribution in [0.1, 0.15) is 18.9 Å². The van der Waals surface area contributed by atoms with Crippen LogP contribution in [0.15, 0.2) is 36.9 Å². The predicted octanol–water partition coefficient (Wildman–Crippen LogP) is 3.49. The first-order valence-corrected chi connectivity index (χ1v) is 6.44. The molecule has 1 heterocycles. The molecule has 0 saturated carbocycles. The molecule has 1 atom stereocenters. The molecule has 96 valence electrons. The summed E-state index contributed by atoms with van der Waals surface area (Å²) < 4.78 is 1.83. The maximum atomic E-state index is 10.8. The molecule has 1 N–H and O–H groups in total. The second-order valence-corrected chi connectivity index (χ2v) is 5.09. The lowest BCUT2D eigenvalue weighted by molar-refractivity contribution is 0.0144. The summed E-state index contributed by atoms with van der Waals surface area (Å²) >= 11 is 12.0. The summed E-state index contributed by atoms with van der Waals surface area (Å²) in [6.07, 6.45) is 5.71. The Hall–Kier alpha value is -1.03. The van der Waals surface area contributed by atoms with Crippen LogP contribution in [-0.4, -0.2) is 14.7 Å². The molecule has 0 saturated heterocycles. The molecule has 3 nitrogen and oxygen atoms in total. The van der Waals surface area contributed by atoms with E-state index in [1.54, 1.807) is 30.7 Å². The van der Waals surface area contributed by atoms with Gasteiger partial charge in [0, 0.05) is 28.0 Å². The lowest BCUT2D eigenvalue weighted by Crippen LogP contribution is -2.30. The standard InChI is InChI=1S/C13H14Cl2N2O/c1-2-13(18,8-17-6-5-16-9-17)11-4-3-10(14)7-12(11)15/h3-7,9,18H,2,8H2,1H3. The van der Waals surface area contributed by atoms with Crippen molar-refractivity contribution in [3.05, 3.63) is 52.5 Å². The van der Waals surface area contributed by atoms with Crippen molar-refractivity contribution >= 4 is 23.2 Å². The van der Waals surface area contributed by atoms with E-state index in [1.165, 1.54) is 0 Å². The van der Waals surface area contributed by atoms with Gasteiger partial charge in [-0.1, -0.05) is 36.2 Å². The highest BCUT2D eigenvalue weighted by atomic mass is 35.5. The van der Waals surface area contributed by atoms with Crippen LogP contribution >= 0.6 is 23.2 Å². The second-order valence-electron chi connectivity index (χ2n) is 4.24. The molecule has 1 unspecified atom stereocenters. The molecule has 0 amide bonds. The predicted molar refractivity (Wildman–Crippen MR) is 72.9 cm³/mol. The van der Waals surface area contributed by atoms with Crippen LogP contribution in [0.2, 0.25) is 10.0 Å². The van der Waals surface area contributed by atoms with E-state index in [0.29, 0.717) is 28.6 Å². The molecule has 0 fully saturated rings. The Bertz CT molecular complexity index is 528. The minimum Gasteiger partial charge on any atom is -0.383 e. The van der Waals surface area contributed by atoms with Crippen LogP contribution in [0.4, 0.5) is 0 Å². The quantitative estimate of drug-likeness (QED) is 0.933. The minimum absolute atomic E-state index is 0.408. The molecule has 0 aliphatic carbocycles. The fourth-order valence-corrected chi connectivity index (χ4v) is 2.52. The van der Waals surface area contributed by atoms with E-state index in [4.69, 9.17) is 23.2 Å². The van der Waals surface area contributed by atoms with Crippen LogP contribution in [0.25, 0.3) is 0 Å². The lowest BCUT2D eigenvalue weighted by atomic mass is 9.91. The van der Waals surface area contributed by atoms with Crippen LogP contribution in [0, 0.1) is 0 Å². The fraction of sp³-hybridized carbons (Fsp3) is 0.308. The normalized spacial score (nSPS) is 14.4. The molecule has 0 aliphatic heterocycles. The summed E-state index contributed by atoms with van der Waals surface area (Å²) in [6.45, 7) is 2.33. The third-order valence-electron chi connectivity index (χ3n) is 3.02. The lowest BCUT2D eigenvalue weighted by Gasteiger charge is -2.28. The molecule has 1 aromatic heterocycles. The minimum atomic E-state index is -1.03. The largest absolute Gasteiger partial charge is 0.383 e. The number of rotatable bonds is 4. The van der Waals surface area contributed by atoms with E-state index in [9.17, 15) is 5.11 Å². The average molecular weight is 285 g/mol. The van der Waals surface area contributed by atoms with Gasteiger partial charge in [0.25, 0.3) is 0 Å². The van der Waals surface area contributed by atoms with Gasteiger partial charge in [0.2, 0.25) is 0 Å². The smallest absolute Gasteiger partial charge is 0.109 e. The topological polar surface area (TPSA) is 38.0 Å². The Morgan fingerprint density at radius 1 is 1.39 bits per heavy atom. The molecule has 0 bridgehead atoms. The zero-order chi connectivity index (χ0) is 13.2. The Morgan fingerprint density at radius 3 is 2.72 bits per heavy atom. The van der Waals surface area contributed by atoms with Crippen LogP contribution in [0.5, 0.6) is 0 Å². The molecule has 2 aromatic rings. The molecule has 0 radical (unpaired) electrons. The average Bonchev–Trinajstić information content (AvgIpc) is 2.81. The Balaban J connectivity index is 2.36. The summed E-state index contributed by atoms with van der Waals surface area (Å²) in [5.74, 6) is 0. The van der Waals surface area contributed by atoms with Gasteiger partial charge in [-0.2, -0.15) is 0 Å². The fourth-order valence-electron chi connectivity index (χ4n) is 1.94. The van der Waals surface area contributed by atoms with Crippen molar-refractivity contribution in [2.75, 3.05) is 0 Å². The molecular formula is C13H14Cl2N2O. The van der Waals surface area contributed by atoms with E-state index in [2.05, 4.69) is 4.98 Å². The third kappa shape index (κ3) is 2.69. The molecular weight excluding hydrogens is 271 g/mol. The highest BCUT2D eigenvalue weighted by Crippen LogP contribution is 2.34.